The number of nitrogens with one attached hydrogen (secondary N) is 1. The topological polar surface area (TPSA) is 105 Å². The number of likely N-dealkylation sites (tertiary alicyclic amines) is 1. The second-order valence-electron chi connectivity index (χ2n) is 9.65. The Morgan fingerprint density at radius 2 is 1.91 bits per heavy atom. The number of amides is 2. The van der Waals surface area contributed by atoms with Crippen molar-refractivity contribution in [3.63, 3.8) is 0 Å². The van der Waals surface area contributed by atoms with Gasteiger partial charge in [-0.1, -0.05) is 26.7 Å². The Labute approximate surface area is 201 Å². The average molecular weight is 494 g/mol. The van der Waals surface area contributed by atoms with Crippen LogP contribution in [0.25, 0.3) is 0 Å². The van der Waals surface area contributed by atoms with Gasteiger partial charge in [0.15, 0.2) is 0 Å². The lowest BCUT2D eigenvalue weighted by molar-refractivity contribution is -0.131. The molecule has 2 heterocycles. The van der Waals surface area contributed by atoms with Crippen LogP contribution in [-0.2, 0) is 24.3 Å². The van der Waals surface area contributed by atoms with Crippen LogP contribution in [0.4, 0.5) is 5.69 Å². The molecule has 2 aliphatic heterocycles. The van der Waals surface area contributed by atoms with Gasteiger partial charge in [-0.05, 0) is 36.5 Å². The largest absolute Gasteiger partial charge is 0.495 e. The van der Waals surface area contributed by atoms with Crippen LogP contribution in [0.3, 0.4) is 0 Å². The lowest BCUT2D eigenvalue weighted by Crippen LogP contribution is -2.45. The Morgan fingerprint density at radius 3 is 2.62 bits per heavy atom. The van der Waals surface area contributed by atoms with Gasteiger partial charge in [-0.2, -0.15) is 4.31 Å². The van der Waals surface area contributed by atoms with Gasteiger partial charge in [0.25, 0.3) is 0 Å². The zero-order chi connectivity index (χ0) is 24.5. The van der Waals surface area contributed by atoms with Gasteiger partial charge < -0.3 is 19.7 Å². The SMILES string of the molecule is COc1ccc(S(=O)(=O)N2CCOCC2)cc1NC(=O)[C@@H]1CC(=O)N([C@@H]2CCC[C@@H](C)[C@H]2C)C1. The van der Waals surface area contributed by atoms with Crippen LogP contribution in [0.5, 0.6) is 5.75 Å². The van der Waals surface area contributed by atoms with Crippen LogP contribution in [0.15, 0.2) is 23.1 Å². The lowest BCUT2D eigenvalue weighted by atomic mass is 9.77. The smallest absolute Gasteiger partial charge is 0.243 e. The minimum atomic E-state index is -3.72. The third-order valence-corrected chi connectivity index (χ3v) is 9.52. The number of anilines is 1. The first-order valence-electron chi connectivity index (χ1n) is 12.1. The molecule has 4 rings (SSSR count). The normalized spacial score (nSPS) is 28.7. The molecule has 0 unspecified atom stereocenters. The van der Waals surface area contributed by atoms with E-state index in [2.05, 4.69) is 19.2 Å². The van der Waals surface area contributed by atoms with Gasteiger partial charge in [0.1, 0.15) is 5.75 Å². The zero-order valence-electron chi connectivity index (χ0n) is 20.2. The quantitative estimate of drug-likeness (QED) is 0.652. The standard InChI is InChI=1S/C24H35N3O6S/c1-16-5-4-6-21(17(16)2)27-15-18(13-23(27)28)24(29)25-20-14-19(7-8-22(20)32-3)34(30,31)26-9-11-33-12-10-26/h7-8,14,16-18,21H,4-6,9-13,15H2,1-3H3,(H,25,29)/t16-,17-,18-,21-/m1/s1. The number of rotatable bonds is 6. The molecule has 2 saturated heterocycles. The molecule has 0 radical (unpaired) electrons. The van der Waals surface area contributed by atoms with Crippen LogP contribution in [0, 0.1) is 17.8 Å². The number of hydrogen-bond donors (Lipinski definition) is 1. The highest BCUT2D eigenvalue weighted by Crippen LogP contribution is 2.36. The van der Waals surface area contributed by atoms with Gasteiger partial charge in [0, 0.05) is 32.1 Å². The van der Waals surface area contributed by atoms with Crippen molar-refractivity contribution in [2.45, 2.75) is 50.5 Å². The predicted molar refractivity (Wildman–Crippen MR) is 127 cm³/mol. The molecule has 10 heteroatoms. The van der Waals surface area contributed by atoms with E-state index in [9.17, 15) is 18.0 Å². The molecule has 3 fully saturated rings. The highest BCUT2D eigenvalue weighted by atomic mass is 32.2. The third-order valence-electron chi connectivity index (χ3n) is 7.63. The first-order chi connectivity index (χ1) is 16.2. The fourth-order valence-electron chi connectivity index (χ4n) is 5.34. The second-order valence-corrected chi connectivity index (χ2v) is 11.6. The van der Waals surface area contributed by atoms with E-state index in [1.807, 2.05) is 4.90 Å². The van der Waals surface area contributed by atoms with Gasteiger partial charge in [-0.25, -0.2) is 8.42 Å². The minimum Gasteiger partial charge on any atom is -0.495 e. The fraction of sp³-hybridized carbons (Fsp3) is 0.667. The summed E-state index contributed by atoms with van der Waals surface area (Å²) in [6.45, 7) is 6.09. The van der Waals surface area contributed by atoms with E-state index in [0.29, 0.717) is 37.3 Å². The molecule has 3 aliphatic rings. The summed E-state index contributed by atoms with van der Waals surface area (Å²) in [5.41, 5.74) is 0.285. The summed E-state index contributed by atoms with van der Waals surface area (Å²) in [6.07, 6.45) is 3.41. The van der Waals surface area contributed by atoms with Crippen molar-refractivity contribution in [1.29, 1.82) is 0 Å². The molecule has 188 valence electrons. The van der Waals surface area contributed by atoms with E-state index in [0.717, 1.165) is 12.8 Å². The van der Waals surface area contributed by atoms with Crippen molar-refractivity contribution in [1.82, 2.24) is 9.21 Å². The van der Waals surface area contributed by atoms with Crippen LogP contribution in [-0.4, -0.2) is 75.4 Å². The Kier molecular flexibility index (Phi) is 7.49. The van der Waals surface area contributed by atoms with Crippen molar-refractivity contribution in [3.8, 4) is 5.75 Å². The van der Waals surface area contributed by atoms with E-state index < -0.39 is 15.9 Å². The Hall–Kier alpha value is -2.17. The second kappa shape index (κ2) is 10.2. The first kappa shape index (κ1) is 24.9. The predicted octanol–water partition coefficient (Wildman–Crippen LogP) is 2.33. The minimum absolute atomic E-state index is 0.0155. The van der Waals surface area contributed by atoms with Crippen LogP contribution in [0.1, 0.15) is 39.5 Å². The average Bonchev–Trinajstić information content (AvgIpc) is 3.23. The number of sulfonamides is 1. The van der Waals surface area contributed by atoms with Gasteiger partial charge in [-0.15, -0.1) is 0 Å². The first-order valence-corrected chi connectivity index (χ1v) is 13.5. The van der Waals surface area contributed by atoms with Crippen molar-refractivity contribution >= 4 is 27.5 Å². The van der Waals surface area contributed by atoms with E-state index in [4.69, 9.17) is 9.47 Å². The number of nitrogens with zero attached hydrogens (tertiary/aromatic N) is 2. The molecule has 9 nitrogen and oxygen atoms in total. The van der Waals surface area contributed by atoms with Crippen LogP contribution < -0.4 is 10.1 Å². The van der Waals surface area contributed by atoms with Crippen LogP contribution >= 0.6 is 0 Å². The molecule has 0 spiro atoms. The van der Waals surface area contributed by atoms with E-state index in [1.54, 1.807) is 6.07 Å². The molecular formula is C24H35N3O6S. The number of methoxy groups -OCH3 is 1. The van der Waals surface area contributed by atoms with E-state index in [-0.39, 0.29) is 47.9 Å². The summed E-state index contributed by atoms with van der Waals surface area (Å²) < 4.78 is 38.1. The van der Waals surface area contributed by atoms with E-state index in [1.165, 1.54) is 30.0 Å². The maximum Gasteiger partial charge on any atom is 0.243 e. The number of carbonyl (C=O) groups excluding carboxylic acids is 2. The summed E-state index contributed by atoms with van der Waals surface area (Å²) in [7, 11) is -2.26. The number of carbonyl (C=O) groups is 2. The van der Waals surface area contributed by atoms with Gasteiger partial charge in [0.05, 0.1) is 36.8 Å². The van der Waals surface area contributed by atoms with Crippen molar-refractivity contribution < 1.29 is 27.5 Å². The van der Waals surface area contributed by atoms with Gasteiger partial charge >= 0.3 is 0 Å². The summed E-state index contributed by atoms with van der Waals surface area (Å²) in [5.74, 6) is 0.557. The third kappa shape index (κ3) is 4.94. The molecule has 0 aromatic heterocycles. The maximum atomic E-state index is 13.1. The molecule has 1 aromatic rings. The molecule has 1 saturated carbocycles. The molecular weight excluding hydrogens is 458 g/mol. The Morgan fingerprint density at radius 1 is 1.18 bits per heavy atom. The van der Waals surface area contributed by atoms with Crippen molar-refractivity contribution in [3.05, 3.63) is 18.2 Å². The highest BCUT2D eigenvalue weighted by Gasteiger charge is 2.41. The lowest BCUT2D eigenvalue weighted by Gasteiger charge is -2.40. The number of morpholine rings is 1. The summed E-state index contributed by atoms with van der Waals surface area (Å²) in [5, 5.41) is 2.83. The number of hydrogen-bond acceptors (Lipinski definition) is 6. The van der Waals surface area contributed by atoms with Gasteiger partial charge in [-0.3, -0.25) is 9.59 Å². The molecule has 1 aromatic carbocycles. The van der Waals surface area contributed by atoms with Crippen molar-refractivity contribution in [2.75, 3.05) is 45.3 Å². The Balaban J connectivity index is 1.49. The highest BCUT2D eigenvalue weighted by molar-refractivity contribution is 7.89. The molecule has 2 amide bonds. The fourth-order valence-corrected chi connectivity index (χ4v) is 6.77. The van der Waals surface area contributed by atoms with Crippen molar-refractivity contribution in [2.24, 2.45) is 17.8 Å². The molecule has 1 aliphatic carbocycles. The summed E-state index contributed by atoms with van der Waals surface area (Å²) >= 11 is 0. The molecule has 0 bridgehead atoms. The zero-order valence-corrected chi connectivity index (χ0v) is 21.0. The number of ether oxygens (including phenoxy) is 2. The molecule has 4 atom stereocenters. The number of benzene rings is 1. The summed E-state index contributed by atoms with van der Waals surface area (Å²) in [6, 6.07) is 4.62. The summed E-state index contributed by atoms with van der Waals surface area (Å²) in [4.78, 5) is 27.9. The van der Waals surface area contributed by atoms with E-state index >= 15 is 0 Å². The Bertz CT molecular complexity index is 1020. The molecule has 1 N–H and O–H groups in total. The van der Waals surface area contributed by atoms with Crippen LogP contribution in [0.2, 0.25) is 0 Å². The molecule has 34 heavy (non-hydrogen) atoms. The monoisotopic (exact) mass is 493 g/mol. The van der Waals surface area contributed by atoms with Gasteiger partial charge in [0.2, 0.25) is 21.8 Å². The maximum absolute atomic E-state index is 13.1.